The SMILES string of the molecule is Cc1ccc(S(=O)(=O)N/N=C2/c3ccc(C(=O)N4CCC(F)(F)CC4)cc3OCC2C)cc1. The van der Waals surface area contributed by atoms with Crippen LogP contribution in [0, 0.1) is 12.8 Å². The molecule has 10 heteroatoms. The first-order chi connectivity index (χ1) is 15.6. The smallest absolute Gasteiger partial charge is 0.276 e. The Morgan fingerprint density at radius 1 is 1.15 bits per heavy atom. The van der Waals surface area contributed by atoms with Crippen LogP contribution in [0.2, 0.25) is 0 Å². The molecule has 0 radical (unpaired) electrons. The van der Waals surface area contributed by atoms with Crippen molar-refractivity contribution in [3.63, 3.8) is 0 Å². The maximum atomic E-state index is 13.4. The molecule has 1 fully saturated rings. The van der Waals surface area contributed by atoms with E-state index in [1.54, 1.807) is 30.3 Å². The first-order valence-corrected chi connectivity index (χ1v) is 12.1. The molecule has 4 rings (SSSR count). The fraction of sp³-hybridized carbons (Fsp3) is 0.391. The minimum Gasteiger partial charge on any atom is -0.492 e. The number of rotatable bonds is 4. The van der Waals surface area contributed by atoms with Gasteiger partial charge in [0, 0.05) is 43.0 Å². The number of amides is 1. The number of carbonyl (C=O) groups is 1. The molecule has 176 valence electrons. The summed E-state index contributed by atoms with van der Waals surface area (Å²) < 4.78 is 57.8. The number of halogens is 2. The van der Waals surface area contributed by atoms with E-state index in [0.717, 1.165) is 5.56 Å². The van der Waals surface area contributed by atoms with Crippen molar-refractivity contribution in [1.82, 2.24) is 9.73 Å². The summed E-state index contributed by atoms with van der Waals surface area (Å²) in [5.41, 5.74) is 2.33. The average molecular weight is 478 g/mol. The number of ether oxygens (including phenoxy) is 1. The number of carbonyl (C=O) groups excluding carboxylic acids is 1. The minimum atomic E-state index is -3.85. The van der Waals surface area contributed by atoms with Gasteiger partial charge >= 0.3 is 0 Å². The van der Waals surface area contributed by atoms with Gasteiger partial charge in [0.05, 0.1) is 17.2 Å². The topological polar surface area (TPSA) is 88.1 Å². The Morgan fingerprint density at radius 3 is 2.48 bits per heavy atom. The molecule has 2 aliphatic heterocycles. The third kappa shape index (κ3) is 5.00. The molecular formula is C23H25F2N3O4S. The molecule has 2 aliphatic rings. The second kappa shape index (κ2) is 8.74. The molecular weight excluding hydrogens is 452 g/mol. The summed E-state index contributed by atoms with van der Waals surface area (Å²) in [6.45, 7) is 3.97. The first kappa shape index (κ1) is 23.2. The van der Waals surface area contributed by atoms with Gasteiger partial charge in [0.1, 0.15) is 5.75 Å². The number of nitrogens with one attached hydrogen (secondary N) is 1. The molecule has 0 saturated carbocycles. The zero-order chi connectivity index (χ0) is 23.8. The van der Waals surface area contributed by atoms with Crippen molar-refractivity contribution in [2.24, 2.45) is 11.0 Å². The number of likely N-dealkylation sites (tertiary alicyclic amines) is 1. The maximum Gasteiger partial charge on any atom is 0.276 e. The van der Waals surface area contributed by atoms with Gasteiger partial charge in [-0.05, 0) is 37.3 Å². The molecule has 1 saturated heterocycles. The van der Waals surface area contributed by atoms with Crippen molar-refractivity contribution in [1.29, 1.82) is 0 Å². The minimum absolute atomic E-state index is 0.00565. The van der Waals surface area contributed by atoms with E-state index in [1.165, 1.54) is 17.0 Å². The van der Waals surface area contributed by atoms with E-state index in [2.05, 4.69) is 9.93 Å². The molecule has 33 heavy (non-hydrogen) atoms. The number of alkyl halides is 2. The number of piperidine rings is 1. The second-order valence-corrected chi connectivity index (χ2v) is 10.1. The monoisotopic (exact) mass is 477 g/mol. The molecule has 7 nitrogen and oxygen atoms in total. The number of fused-ring (bicyclic) bond motifs is 1. The predicted molar refractivity (Wildman–Crippen MR) is 119 cm³/mol. The number of sulfonamides is 1. The van der Waals surface area contributed by atoms with Crippen molar-refractivity contribution < 1.29 is 26.7 Å². The molecule has 1 atom stereocenters. The van der Waals surface area contributed by atoms with Crippen LogP contribution in [0.1, 0.15) is 41.3 Å². The number of hydrazone groups is 1. The molecule has 0 aliphatic carbocycles. The molecule has 0 spiro atoms. The van der Waals surface area contributed by atoms with E-state index < -0.39 is 15.9 Å². The molecule has 2 heterocycles. The highest BCUT2D eigenvalue weighted by Gasteiger charge is 2.36. The Morgan fingerprint density at radius 2 is 1.82 bits per heavy atom. The third-order valence-electron chi connectivity index (χ3n) is 5.86. The van der Waals surface area contributed by atoms with Crippen LogP contribution < -0.4 is 9.57 Å². The summed E-state index contributed by atoms with van der Waals surface area (Å²) in [4.78, 5) is 16.6. The fourth-order valence-electron chi connectivity index (χ4n) is 3.81. The highest BCUT2D eigenvalue weighted by Crippen LogP contribution is 2.31. The van der Waals surface area contributed by atoms with Gasteiger partial charge in [-0.25, -0.2) is 8.78 Å². The number of hydrogen-bond acceptors (Lipinski definition) is 5. The van der Waals surface area contributed by atoms with Gasteiger partial charge < -0.3 is 9.64 Å². The zero-order valence-electron chi connectivity index (χ0n) is 18.3. The van der Waals surface area contributed by atoms with Gasteiger partial charge in [-0.1, -0.05) is 24.6 Å². The Bertz CT molecular complexity index is 1190. The summed E-state index contributed by atoms with van der Waals surface area (Å²) in [5, 5.41) is 4.18. The second-order valence-electron chi connectivity index (χ2n) is 8.48. The van der Waals surface area contributed by atoms with Crippen LogP contribution in [-0.2, 0) is 10.0 Å². The fourth-order valence-corrected chi connectivity index (χ4v) is 4.63. The van der Waals surface area contributed by atoms with E-state index in [4.69, 9.17) is 4.74 Å². The van der Waals surface area contributed by atoms with E-state index in [-0.39, 0.29) is 49.3 Å². The Kier molecular flexibility index (Phi) is 6.13. The van der Waals surface area contributed by atoms with Crippen LogP contribution in [0.4, 0.5) is 8.78 Å². The van der Waals surface area contributed by atoms with Crippen molar-refractivity contribution in [2.75, 3.05) is 19.7 Å². The number of hydrogen-bond donors (Lipinski definition) is 1. The highest BCUT2D eigenvalue weighted by molar-refractivity contribution is 7.89. The Labute approximate surface area is 191 Å². The van der Waals surface area contributed by atoms with Gasteiger partial charge in [-0.3, -0.25) is 4.79 Å². The summed E-state index contributed by atoms with van der Waals surface area (Å²) in [6, 6.07) is 11.2. The average Bonchev–Trinajstić information content (AvgIpc) is 2.78. The van der Waals surface area contributed by atoms with Gasteiger partial charge in [0.15, 0.2) is 0 Å². The van der Waals surface area contributed by atoms with Gasteiger partial charge in [0.25, 0.3) is 21.9 Å². The zero-order valence-corrected chi connectivity index (χ0v) is 19.2. The summed E-state index contributed by atoms with van der Waals surface area (Å²) >= 11 is 0. The molecule has 1 unspecified atom stereocenters. The van der Waals surface area contributed by atoms with Gasteiger partial charge in [-0.2, -0.15) is 18.4 Å². The van der Waals surface area contributed by atoms with Crippen molar-refractivity contribution in [3.8, 4) is 5.75 Å². The number of nitrogens with zero attached hydrogens (tertiary/aromatic N) is 2. The Balaban J connectivity index is 1.56. The maximum absolute atomic E-state index is 13.4. The molecule has 2 aromatic rings. The van der Waals surface area contributed by atoms with Crippen LogP contribution in [-0.4, -0.2) is 50.6 Å². The third-order valence-corrected chi connectivity index (χ3v) is 7.08. The van der Waals surface area contributed by atoms with Crippen LogP contribution in [0.5, 0.6) is 5.75 Å². The van der Waals surface area contributed by atoms with Crippen LogP contribution in [0.15, 0.2) is 52.5 Å². The summed E-state index contributed by atoms with van der Waals surface area (Å²) in [6.07, 6.45) is -0.703. The molecule has 0 aromatic heterocycles. The van der Waals surface area contributed by atoms with Crippen molar-refractivity contribution >= 4 is 21.6 Å². The normalized spacial score (nSPS) is 21.3. The quantitative estimate of drug-likeness (QED) is 0.682. The molecule has 2 aromatic carbocycles. The number of aryl methyl sites for hydroxylation is 1. The van der Waals surface area contributed by atoms with Crippen LogP contribution in [0.25, 0.3) is 0 Å². The van der Waals surface area contributed by atoms with Crippen LogP contribution >= 0.6 is 0 Å². The van der Waals surface area contributed by atoms with Crippen LogP contribution in [0.3, 0.4) is 0 Å². The molecule has 0 bridgehead atoms. The lowest BCUT2D eigenvalue weighted by atomic mass is 9.94. The van der Waals surface area contributed by atoms with E-state index >= 15 is 0 Å². The van der Waals surface area contributed by atoms with Gasteiger partial charge in [-0.15, -0.1) is 0 Å². The lowest BCUT2D eigenvalue weighted by Gasteiger charge is -2.32. The number of benzene rings is 2. The first-order valence-electron chi connectivity index (χ1n) is 10.7. The summed E-state index contributed by atoms with van der Waals surface area (Å²) in [5.74, 6) is -2.86. The lowest BCUT2D eigenvalue weighted by molar-refractivity contribution is -0.0494. The van der Waals surface area contributed by atoms with E-state index in [1.807, 2.05) is 13.8 Å². The summed E-state index contributed by atoms with van der Waals surface area (Å²) in [7, 11) is -3.85. The molecule has 1 N–H and O–H groups in total. The van der Waals surface area contributed by atoms with Crippen molar-refractivity contribution in [2.45, 2.75) is 37.5 Å². The van der Waals surface area contributed by atoms with E-state index in [9.17, 15) is 22.0 Å². The van der Waals surface area contributed by atoms with E-state index in [0.29, 0.717) is 22.6 Å². The Hall–Kier alpha value is -3.01. The molecule has 1 amide bonds. The predicted octanol–water partition coefficient (Wildman–Crippen LogP) is 3.58. The lowest BCUT2D eigenvalue weighted by Crippen LogP contribution is -2.42. The highest BCUT2D eigenvalue weighted by atomic mass is 32.2. The van der Waals surface area contributed by atoms with Gasteiger partial charge in [0.2, 0.25) is 0 Å². The standard InChI is InChI=1S/C23H25F2N3O4S/c1-15-3-6-18(7-4-15)33(30,31)27-26-21-16(2)14-32-20-13-17(5-8-19(20)21)22(29)28-11-9-23(24,25)10-12-28/h3-8,13,16,27H,9-12,14H2,1-2H3/b26-21+. The largest absolute Gasteiger partial charge is 0.492 e. The van der Waals surface area contributed by atoms with Crippen molar-refractivity contribution in [3.05, 3.63) is 59.2 Å².